The molecule has 0 aliphatic rings. The van der Waals surface area contributed by atoms with Gasteiger partial charge in [0.1, 0.15) is 0 Å². The Kier molecular flexibility index (Phi) is 7.84. The summed E-state index contributed by atoms with van der Waals surface area (Å²) in [7, 11) is 0. The number of aromatic nitrogens is 4. The molecular formula is C56H33N5. The molecule has 0 fully saturated rings. The number of nitriles is 1. The van der Waals surface area contributed by atoms with Crippen molar-refractivity contribution >= 4 is 64.9 Å². The van der Waals surface area contributed by atoms with Gasteiger partial charge in [0, 0.05) is 33.2 Å². The van der Waals surface area contributed by atoms with Crippen LogP contribution in [0.25, 0.3) is 116 Å². The van der Waals surface area contributed by atoms with Crippen LogP contribution >= 0.6 is 0 Å². The zero-order chi connectivity index (χ0) is 40.4. The molecule has 0 saturated heterocycles. The summed E-state index contributed by atoms with van der Waals surface area (Å²) < 4.78 is 2.29. The van der Waals surface area contributed by atoms with Crippen molar-refractivity contribution in [1.82, 2.24) is 19.5 Å². The predicted octanol–water partition coefficient (Wildman–Crippen LogP) is 14.1. The molecule has 0 aliphatic carbocycles. The molecule has 0 unspecified atom stereocenters. The zero-order valence-electron chi connectivity index (χ0n) is 32.8. The summed E-state index contributed by atoms with van der Waals surface area (Å²) in [5.74, 6) is 1.85. The van der Waals surface area contributed by atoms with E-state index in [4.69, 9.17) is 15.0 Å². The Labute approximate surface area is 351 Å². The van der Waals surface area contributed by atoms with Crippen molar-refractivity contribution < 1.29 is 0 Å². The maximum atomic E-state index is 9.96. The van der Waals surface area contributed by atoms with E-state index in [1.54, 1.807) is 0 Å². The third kappa shape index (κ3) is 5.66. The van der Waals surface area contributed by atoms with Crippen LogP contribution in [0.5, 0.6) is 0 Å². The minimum atomic E-state index is 0.616. The summed E-state index contributed by atoms with van der Waals surface area (Å²) in [5.41, 5.74) is 8.88. The lowest BCUT2D eigenvalue weighted by Crippen LogP contribution is -2.02. The van der Waals surface area contributed by atoms with E-state index in [2.05, 4.69) is 193 Å². The van der Waals surface area contributed by atoms with Crippen LogP contribution in [0.15, 0.2) is 200 Å². The molecule has 12 aromatic rings. The van der Waals surface area contributed by atoms with Gasteiger partial charge in [0.25, 0.3) is 0 Å². The quantitative estimate of drug-likeness (QED) is 0.163. The fraction of sp³-hybridized carbons (Fsp3) is 0. The minimum Gasteiger partial charge on any atom is -0.309 e. The van der Waals surface area contributed by atoms with Gasteiger partial charge < -0.3 is 4.57 Å². The van der Waals surface area contributed by atoms with Gasteiger partial charge in [-0.3, -0.25) is 0 Å². The summed E-state index contributed by atoms with van der Waals surface area (Å²) in [6.07, 6.45) is 0. The van der Waals surface area contributed by atoms with Crippen LogP contribution in [0, 0.1) is 11.3 Å². The first-order chi connectivity index (χ1) is 30.2. The number of rotatable bonds is 5. The lowest BCUT2D eigenvalue weighted by Gasteiger charge is -2.18. The van der Waals surface area contributed by atoms with E-state index in [9.17, 15) is 5.26 Å². The van der Waals surface area contributed by atoms with Crippen LogP contribution in [0.2, 0.25) is 0 Å². The molecule has 5 heteroatoms. The molecule has 61 heavy (non-hydrogen) atoms. The van der Waals surface area contributed by atoms with Crippen LogP contribution in [-0.4, -0.2) is 19.5 Å². The smallest absolute Gasteiger partial charge is 0.165 e. The van der Waals surface area contributed by atoms with E-state index >= 15 is 0 Å². The van der Waals surface area contributed by atoms with Gasteiger partial charge in [-0.2, -0.15) is 5.26 Å². The number of para-hydroxylation sites is 1. The normalized spacial score (nSPS) is 11.6. The molecule has 0 saturated carbocycles. The van der Waals surface area contributed by atoms with Crippen molar-refractivity contribution in [1.29, 1.82) is 5.26 Å². The molecule has 0 amide bonds. The zero-order valence-corrected chi connectivity index (χ0v) is 32.8. The van der Waals surface area contributed by atoms with Gasteiger partial charge in [-0.05, 0) is 109 Å². The van der Waals surface area contributed by atoms with Gasteiger partial charge in [-0.25, -0.2) is 15.0 Å². The topological polar surface area (TPSA) is 67.4 Å². The third-order valence-electron chi connectivity index (χ3n) is 12.0. The van der Waals surface area contributed by atoms with Crippen molar-refractivity contribution in [3.8, 4) is 57.0 Å². The Morgan fingerprint density at radius 3 is 1.38 bits per heavy atom. The molecule has 2 heterocycles. The number of nitrogens with zero attached hydrogens (tertiary/aromatic N) is 5. The Morgan fingerprint density at radius 1 is 0.344 bits per heavy atom. The van der Waals surface area contributed by atoms with E-state index in [0.717, 1.165) is 98.4 Å². The maximum Gasteiger partial charge on any atom is 0.165 e. The lowest BCUT2D eigenvalue weighted by atomic mass is 9.87. The van der Waals surface area contributed by atoms with Crippen molar-refractivity contribution in [2.24, 2.45) is 0 Å². The highest BCUT2D eigenvalue weighted by Crippen LogP contribution is 2.45. The molecule has 2 aromatic heterocycles. The van der Waals surface area contributed by atoms with Crippen molar-refractivity contribution in [3.05, 3.63) is 206 Å². The third-order valence-corrected chi connectivity index (χ3v) is 12.0. The summed E-state index contributed by atoms with van der Waals surface area (Å²) in [6.45, 7) is 0. The van der Waals surface area contributed by atoms with Gasteiger partial charge in [-0.1, -0.05) is 146 Å². The fourth-order valence-corrected chi connectivity index (χ4v) is 9.19. The molecule has 0 atom stereocenters. The average Bonchev–Trinajstić information content (AvgIpc) is 3.65. The van der Waals surface area contributed by atoms with Crippen LogP contribution in [0.1, 0.15) is 5.56 Å². The minimum absolute atomic E-state index is 0.616. The predicted molar refractivity (Wildman–Crippen MR) is 251 cm³/mol. The monoisotopic (exact) mass is 775 g/mol. The summed E-state index contributed by atoms with van der Waals surface area (Å²) in [6, 6.07) is 72.3. The van der Waals surface area contributed by atoms with E-state index in [1.807, 2.05) is 18.2 Å². The van der Waals surface area contributed by atoms with Crippen LogP contribution in [0.4, 0.5) is 0 Å². The second-order valence-electron chi connectivity index (χ2n) is 15.5. The molecule has 0 aliphatic heterocycles. The lowest BCUT2D eigenvalue weighted by molar-refractivity contribution is 1.08. The van der Waals surface area contributed by atoms with Crippen molar-refractivity contribution in [2.75, 3.05) is 0 Å². The highest BCUT2D eigenvalue weighted by molar-refractivity contribution is 6.22. The number of fused-ring (bicyclic) bond motifs is 7. The second-order valence-corrected chi connectivity index (χ2v) is 15.5. The van der Waals surface area contributed by atoms with Crippen molar-refractivity contribution in [3.63, 3.8) is 0 Å². The van der Waals surface area contributed by atoms with Crippen LogP contribution in [0.3, 0.4) is 0 Å². The van der Waals surface area contributed by atoms with Gasteiger partial charge >= 0.3 is 0 Å². The molecule has 12 rings (SSSR count). The molecule has 0 bridgehead atoms. The molecule has 0 N–H and O–H groups in total. The largest absolute Gasteiger partial charge is 0.309 e. The second kappa shape index (κ2) is 13.8. The van der Waals surface area contributed by atoms with Crippen LogP contribution < -0.4 is 0 Å². The maximum absolute atomic E-state index is 9.96. The Balaban J connectivity index is 1.12. The highest BCUT2D eigenvalue weighted by atomic mass is 15.0. The molecule has 282 valence electrons. The first kappa shape index (κ1) is 34.6. The summed E-state index contributed by atoms with van der Waals surface area (Å²) >= 11 is 0. The summed E-state index contributed by atoms with van der Waals surface area (Å²) in [4.78, 5) is 15.9. The SMILES string of the molecule is N#Cc1ccc2c(c1)c1cc(-c3c4ccccc4c(-c4nc(-c5ccc6ccccc6c5)nc(-c5ccc6ccccc6c5)n4)c4ccccc34)ccc1n2-c1ccccc1. The van der Waals surface area contributed by atoms with E-state index in [-0.39, 0.29) is 0 Å². The molecule has 10 aromatic carbocycles. The van der Waals surface area contributed by atoms with E-state index in [1.165, 1.54) is 0 Å². The number of hydrogen-bond donors (Lipinski definition) is 0. The van der Waals surface area contributed by atoms with E-state index in [0.29, 0.717) is 23.0 Å². The molecule has 0 radical (unpaired) electrons. The average molecular weight is 776 g/mol. The Hall–Kier alpha value is -8.46. The first-order valence-electron chi connectivity index (χ1n) is 20.4. The van der Waals surface area contributed by atoms with Crippen LogP contribution in [-0.2, 0) is 0 Å². The number of hydrogen-bond acceptors (Lipinski definition) is 4. The van der Waals surface area contributed by atoms with E-state index < -0.39 is 0 Å². The van der Waals surface area contributed by atoms with Gasteiger partial charge in [0.2, 0.25) is 0 Å². The highest BCUT2D eigenvalue weighted by Gasteiger charge is 2.22. The molecule has 0 spiro atoms. The van der Waals surface area contributed by atoms with Gasteiger partial charge in [0.15, 0.2) is 17.5 Å². The van der Waals surface area contributed by atoms with Gasteiger partial charge in [-0.15, -0.1) is 0 Å². The Bertz CT molecular complexity index is 3630. The molecule has 5 nitrogen and oxygen atoms in total. The Morgan fingerprint density at radius 2 is 0.803 bits per heavy atom. The number of benzene rings is 10. The summed E-state index contributed by atoms with van der Waals surface area (Å²) in [5, 5.41) is 21.0. The standard InChI is InChI=1S/C56H33N5/c57-34-35-22-28-50-48(30-35)49-33-40(27-29-51(49)61(50)43-16-2-1-3-17-43)52-44-18-8-10-20-46(44)53(47-21-11-9-19-45(47)52)56-59-54(41-25-23-36-12-4-6-14-38(36)31-41)58-55(60-56)42-26-24-37-13-5-7-15-39(37)32-42/h1-33H. The first-order valence-corrected chi connectivity index (χ1v) is 20.4. The molecular weight excluding hydrogens is 743 g/mol. The van der Waals surface area contributed by atoms with Crippen molar-refractivity contribution in [2.45, 2.75) is 0 Å². The van der Waals surface area contributed by atoms with Gasteiger partial charge in [0.05, 0.1) is 22.7 Å². The fourth-order valence-electron chi connectivity index (χ4n) is 9.19.